The molecule has 3 rings (SSSR count). The standard InChI is InChI=1S/C15H17ClN4O2.ClH/c1-9(18-12(21)10-3-5-11(16)6-4-10)13-19-14(20-22-13)15(17)7-2-8-15;/h3-6,9H,2,7-8,17H2,1H3,(H,18,21);1H. The third-order valence-electron chi connectivity index (χ3n) is 3.96. The van der Waals surface area contributed by atoms with E-state index in [1.54, 1.807) is 31.2 Å². The molecule has 6 nitrogen and oxygen atoms in total. The molecular weight excluding hydrogens is 339 g/mol. The van der Waals surface area contributed by atoms with Gasteiger partial charge in [0.2, 0.25) is 5.89 Å². The summed E-state index contributed by atoms with van der Waals surface area (Å²) in [6, 6.07) is 6.26. The Hall–Kier alpha value is -1.63. The predicted octanol–water partition coefficient (Wildman–Crippen LogP) is 2.97. The number of rotatable bonds is 4. The van der Waals surface area contributed by atoms with Gasteiger partial charge in [-0.05, 0) is 50.5 Å². The number of carbonyl (C=O) groups is 1. The van der Waals surface area contributed by atoms with Crippen LogP contribution in [0.5, 0.6) is 0 Å². The number of nitrogens with two attached hydrogens (primary N) is 1. The molecule has 2 aromatic rings. The molecule has 1 heterocycles. The Balaban J connectivity index is 0.00000192. The lowest BCUT2D eigenvalue weighted by Gasteiger charge is -2.34. The van der Waals surface area contributed by atoms with E-state index in [-0.39, 0.29) is 18.3 Å². The molecule has 23 heavy (non-hydrogen) atoms. The van der Waals surface area contributed by atoms with Gasteiger partial charge in [0.25, 0.3) is 5.91 Å². The Kier molecular flexibility index (Phi) is 5.29. The number of hydrogen-bond acceptors (Lipinski definition) is 5. The zero-order valence-corrected chi connectivity index (χ0v) is 14.2. The van der Waals surface area contributed by atoms with Crippen LogP contribution in [0.4, 0.5) is 0 Å². The Morgan fingerprint density at radius 1 is 1.39 bits per heavy atom. The third kappa shape index (κ3) is 3.65. The van der Waals surface area contributed by atoms with Crippen LogP contribution in [0.3, 0.4) is 0 Å². The number of halogens is 2. The number of hydrogen-bond donors (Lipinski definition) is 2. The van der Waals surface area contributed by atoms with Gasteiger partial charge in [-0.1, -0.05) is 16.8 Å². The van der Waals surface area contributed by atoms with Crippen LogP contribution in [-0.4, -0.2) is 16.0 Å². The molecule has 0 radical (unpaired) electrons. The molecule has 0 saturated heterocycles. The van der Waals surface area contributed by atoms with Crippen molar-refractivity contribution >= 4 is 29.9 Å². The van der Waals surface area contributed by atoms with E-state index < -0.39 is 11.6 Å². The minimum Gasteiger partial charge on any atom is -0.341 e. The van der Waals surface area contributed by atoms with Crippen molar-refractivity contribution in [2.45, 2.75) is 37.8 Å². The summed E-state index contributed by atoms with van der Waals surface area (Å²) in [6.45, 7) is 1.79. The van der Waals surface area contributed by atoms with Crippen LogP contribution in [0.25, 0.3) is 0 Å². The molecular formula is C15H18Cl2N4O2. The van der Waals surface area contributed by atoms with E-state index >= 15 is 0 Å². The molecule has 1 aromatic heterocycles. The van der Waals surface area contributed by atoms with Gasteiger partial charge in [-0.3, -0.25) is 4.79 Å². The molecule has 1 fully saturated rings. The van der Waals surface area contributed by atoms with Gasteiger partial charge in [-0.2, -0.15) is 4.98 Å². The predicted molar refractivity (Wildman–Crippen MR) is 88.6 cm³/mol. The molecule has 0 spiro atoms. The fourth-order valence-corrected chi connectivity index (χ4v) is 2.46. The Morgan fingerprint density at radius 3 is 2.61 bits per heavy atom. The fraction of sp³-hybridized carbons (Fsp3) is 0.400. The zero-order valence-electron chi connectivity index (χ0n) is 12.6. The molecule has 1 saturated carbocycles. The molecule has 1 amide bonds. The summed E-state index contributed by atoms with van der Waals surface area (Å²) in [7, 11) is 0. The van der Waals surface area contributed by atoms with E-state index in [2.05, 4.69) is 15.5 Å². The number of nitrogens with one attached hydrogen (secondary N) is 1. The van der Waals surface area contributed by atoms with Gasteiger partial charge in [0.1, 0.15) is 6.04 Å². The second kappa shape index (κ2) is 6.86. The lowest BCUT2D eigenvalue weighted by atomic mass is 9.77. The topological polar surface area (TPSA) is 94.0 Å². The summed E-state index contributed by atoms with van der Waals surface area (Å²) in [5, 5.41) is 7.34. The molecule has 3 N–H and O–H groups in total. The second-order valence-corrected chi connectivity index (χ2v) is 6.10. The largest absolute Gasteiger partial charge is 0.341 e. The van der Waals surface area contributed by atoms with E-state index in [9.17, 15) is 4.79 Å². The summed E-state index contributed by atoms with van der Waals surface area (Å²) >= 11 is 5.81. The van der Waals surface area contributed by atoms with Gasteiger partial charge in [0.05, 0.1) is 5.54 Å². The minimum atomic E-state index is -0.471. The van der Waals surface area contributed by atoms with E-state index in [0.29, 0.717) is 22.3 Å². The van der Waals surface area contributed by atoms with Gasteiger partial charge in [0.15, 0.2) is 5.82 Å². The second-order valence-electron chi connectivity index (χ2n) is 5.67. The van der Waals surface area contributed by atoms with E-state index in [1.165, 1.54) is 0 Å². The monoisotopic (exact) mass is 356 g/mol. The van der Waals surface area contributed by atoms with Gasteiger partial charge in [0, 0.05) is 10.6 Å². The molecule has 0 aliphatic heterocycles. The van der Waals surface area contributed by atoms with Crippen LogP contribution in [0, 0.1) is 0 Å². The van der Waals surface area contributed by atoms with Crippen LogP contribution < -0.4 is 11.1 Å². The normalized spacial score (nSPS) is 16.8. The first-order valence-electron chi connectivity index (χ1n) is 7.17. The molecule has 1 unspecified atom stereocenters. The maximum atomic E-state index is 12.1. The van der Waals surface area contributed by atoms with Crippen molar-refractivity contribution < 1.29 is 9.32 Å². The van der Waals surface area contributed by atoms with Crippen molar-refractivity contribution in [3.8, 4) is 0 Å². The maximum absolute atomic E-state index is 12.1. The number of nitrogens with zero attached hydrogens (tertiary/aromatic N) is 2. The molecule has 124 valence electrons. The van der Waals surface area contributed by atoms with Crippen molar-refractivity contribution in [3.05, 3.63) is 46.6 Å². The van der Waals surface area contributed by atoms with Gasteiger partial charge in [-0.15, -0.1) is 12.4 Å². The first-order chi connectivity index (χ1) is 10.5. The minimum absolute atomic E-state index is 0. The number of amides is 1. The summed E-state index contributed by atoms with van der Waals surface area (Å²) in [5.41, 5.74) is 6.21. The first-order valence-corrected chi connectivity index (χ1v) is 7.55. The summed E-state index contributed by atoms with van der Waals surface area (Å²) in [6.07, 6.45) is 2.79. The quantitative estimate of drug-likeness (QED) is 0.877. The molecule has 1 atom stereocenters. The summed E-state index contributed by atoms with van der Waals surface area (Å²) < 4.78 is 5.23. The van der Waals surface area contributed by atoms with Crippen molar-refractivity contribution in [2.24, 2.45) is 5.73 Å². The Morgan fingerprint density at radius 2 is 2.04 bits per heavy atom. The highest BCUT2D eigenvalue weighted by Crippen LogP contribution is 2.37. The van der Waals surface area contributed by atoms with Crippen molar-refractivity contribution in [1.29, 1.82) is 0 Å². The van der Waals surface area contributed by atoms with Crippen molar-refractivity contribution in [2.75, 3.05) is 0 Å². The number of carbonyl (C=O) groups excluding carboxylic acids is 1. The van der Waals surface area contributed by atoms with E-state index in [0.717, 1.165) is 19.3 Å². The lowest BCUT2D eigenvalue weighted by Crippen LogP contribution is -2.44. The lowest BCUT2D eigenvalue weighted by molar-refractivity contribution is 0.0932. The summed E-state index contributed by atoms with van der Waals surface area (Å²) in [5.74, 6) is 0.644. The highest BCUT2D eigenvalue weighted by molar-refractivity contribution is 6.30. The molecule has 1 aromatic carbocycles. The average Bonchev–Trinajstić information content (AvgIpc) is 2.95. The Bertz CT molecular complexity index is 683. The fourth-order valence-electron chi connectivity index (χ4n) is 2.34. The molecule has 1 aliphatic carbocycles. The smallest absolute Gasteiger partial charge is 0.251 e. The summed E-state index contributed by atoms with van der Waals surface area (Å²) in [4.78, 5) is 16.5. The molecule has 8 heteroatoms. The zero-order chi connectivity index (χ0) is 15.7. The van der Waals surface area contributed by atoms with E-state index in [4.69, 9.17) is 21.9 Å². The van der Waals surface area contributed by atoms with Gasteiger partial charge < -0.3 is 15.6 Å². The van der Waals surface area contributed by atoms with Crippen molar-refractivity contribution in [3.63, 3.8) is 0 Å². The SMILES string of the molecule is CC(NC(=O)c1ccc(Cl)cc1)c1nc(C2(N)CCC2)no1.Cl. The Labute approximate surface area is 145 Å². The average molecular weight is 357 g/mol. The first kappa shape index (κ1) is 17.7. The maximum Gasteiger partial charge on any atom is 0.251 e. The third-order valence-corrected chi connectivity index (χ3v) is 4.21. The van der Waals surface area contributed by atoms with Gasteiger partial charge >= 0.3 is 0 Å². The number of benzene rings is 1. The van der Waals surface area contributed by atoms with Crippen LogP contribution in [0.1, 0.15) is 54.3 Å². The van der Waals surface area contributed by atoms with Crippen LogP contribution in [-0.2, 0) is 5.54 Å². The van der Waals surface area contributed by atoms with Crippen LogP contribution in [0.2, 0.25) is 5.02 Å². The number of aromatic nitrogens is 2. The van der Waals surface area contributed by atoms with Crippen LogP contribution in [0.15, 0.2) is 28.8 Å². The van der Waals surface area contributed by atoms with Gasteiger partial charge in [-0.25, -0.2) is 0 Å². The molecule has 0 bridgehead atoms. The van der Waals surface area contributed by atoms with Crippen molar-refractivity contribution in [1.82, 2.24) is 15.5 Å². The van der Waals surface area contributed by atoms with E-state index in [1.807, 2.05) is 0 Å². The van der Waals surface area contributed by atoms with Crippen LogP contribution >= 0.6 is 24.0 Å². The molecule has 1 aliphatic rings. The highest BCUT2D eigenvalue weighted by atomic mass is 35.5. The highest BCUT2D eigenvalue weighted by Gasteiger charge is 2.39.